The second-order valence-electron chi connectivity index (χ2n) is 9.71. The standard InChI is InChI=1S/C28H16.C8H6O/c1-3-9-19-17(7-1)15-25-23-13-6-12-22-20-10-4-2-8-18(20)16-26(28(22)23)24-14-5-11-21(19)27(24)25;1-2-4-8-7(3-1)5-6-9-8/h1-16H;1-6H. The zero-order valence-corrected chi connectivity index (χ0v) is 20.1. The van der Waals surface area contributed by atoms with E-state index in [0.29, 0.717) is 0 Å². The molecule has 37 heavy (non-hydrogen) atoms. The lowest BCUT2D eigenvalue weighted by Crippen LogP contribution is -1.89. The van der Waals surface area contributed by atoms with Gasteiger partial charge in [-0.3, -0.25) is 0 Å². The van der Waals surface area contributed by atoms with Gasteiger partial charge in [0.1, 0.15) is 5.58 Å². The molecule has 0 fully saturated rings. The minimum absolute atomic E-state index is 0.956. The molecule has 0 aliphatic rings. The average Bonchev–Trinajstić information content (AvgIpc) is 3.45. The number of para-hydroxylation sites is 1. The van der Waals surface area contributed by atoms with Crippen molar-refractivity contribution < 1.29 is 4.42 Å². The van der Waals surface area contributed by atoms with Crippen molar-refractivity contribution >= 4 is 75.6 Å². The van der Waals surface area contributed by atoms with Crippen molar-refractivity contribution in [1.29, 1.82) is 0 Å². The van der Waals surface area contributed by atoms with Gasteiger partial charge in [-0.15, -0.1) is 0 Å². The Labute approximate surface area is 213 Å². The first-order chi connectivity index (χ1) is 18.4. The molecule has 0 radical (unpaired) electrons. The molecule has 0 amide bonds. The van der Waals surface area contributed by atoms with Crippen LogP contribution in [0.4, 0.5) is 0 Å². The molecule has 0 aliphatic heterocycles. The Bertz CT molecular complexity index is 2090. The molecule has 0 spiro atoms. The smallest absolute Gasteiger partial charge is 0.133 e. The lowest BCUT2D eigenvalue weighted by Gasteiger charge is -2.17. The van der Waals surface area contributed by atoms with Crippen LogP contribution in [-0.2, 0) is 0 Å². The first kappa shape index (κ1) is 20.3. The molecule has 9 rings (SSSR count). The number of rotatable bonds is 0. The highest BCUT2D eigenvalue weighted by Crippen LogP contribution is 2.44. The molecule has 9 aromatic rings. The Kier molecular flexibility index (Phi) is 4.29. The third kappa shape index (κ3) is 2.98. The van der Waals surface area contributed by atoms with Crippen LogP contribution in [-0.4, -0.2) is 0 Å². The van der Waals surface area contributed by atoms with Crippen LogP contribution in [0, 0.1) is 0 Å². The molecule has 0 saturated heterocycles. The monoisotopic (exact) mass is 470 g/mol. The Balaban J connectivity index is 0.000000202. The van der Waals surface area contributed by atoms with Crippen LogP contribution in [0.3, 0.4) is 0 Å². The molecule has 8 aromatic carbocycles. The minimum atomic E-state index is 0.956. The summed E-state index contributed by atoms with van der Waals surface area (Å²) in [5.74, 6) is 0. The van der Waals surface area contributed by atoms with Crippen molar-refractivity contribution in [2.45, 2.75) is 0 Å². The summed E-state index contributed by atoms with van der Waals surface area (Å²) in [7, 11) is 0. The van der Waals surface area contributed by atoms with Crippen molar-refractivity contribution in [2.75, 3.05) is 0 Å². The van der Waals surface area contributed by atoms with E-state index in [9.17, 15) is 0 Å². The predicted molar refractivity (Wildman–Crippen MR) is 159 cm³/mol. The maximum atomic E-state index is 5.12. The number of hydrogen-bond acceptors (Lipinski definition) is 1. The lowest BCUT2D eigenvalue weighted by atomic mass is 9.86. The molecule has 0 bridgehead atoms. The van der Waals surface area contributed by atoms with Crippen LogP contribution in [0.15, 0.2) is 138 Å². The highest BCUT2D eigenvalue weighted by molar-refractivity contribution is 6.38. The number of hydrogen-bond donors (Lipinski definition) is 0. The zero-order valence-electron chi connectivity index (χ0n) is 20.1. The fourth-order valence-electron chi connectivity index (χ4n) is 6.11. The predicted octanol–water partition coefficient (Wildman–Crippen LogP) is 10.5. The van der Waals surface area contributed by atoms with Gasteiger partial charge in [0.25, 0.3) is 0 Å². The normalized spacial score (nSPS) is 11.8. The third-order valence-corrected chi connectivity index (χ3v) is 7.71. The van der Waals surface area contributed by atoms with Crippen LogP contribution >= 0.6 is 0 Å². The first-order valence-corrected chi connectivity index (χ1v) is 12.7. The average molecular weight is 471 g/mol. The van der Waals surface area contributed by atoms with Gasteiger partial charge >= 0.3 is 0 Å². The van der Waals surface area contributed by atoms with Gasteiger partial charge in [-0.05, 0) is 88.9 Å². The molecule has 0 saturated carbocycles. The molecule has 172 valence electrons. The molecular formula is C36H22O. The number of furan rings is 1. The second-order valence-corrected chi connectivity index (χ2v) is 9.71. The summed E-state index contributed by atoms with van der Waals surface area (Å²) in [5, 5.41) is 17.3. The van der Waals surface area contributed by atoms with E-state index in [-0.39, 0.29) is 0 Å². The van der Waals surface area contributed by atoms with Gasteiger partial charge in [-0.25, -0.2) is 0 Å². The van der Waals surface area contributed by atoms with Crippen molar-refractivity contribution in [1.82, 2.24) is 0 Å². The van der Waals surface area contributed by atoms with Crippen molar-refractivity contribution in [3.63, 3.8) is 0 Å². The van der Waals surface area contributed by atoms with Gasteiger partial charge in [-0.2, -0.15) is 0 Å². The van der Waals surface area contributed by atoms with Crippen LogP contribution in [0.5, 0.6) is 0 Å². The van der Waals surface area contributed by atoms with Crippen molar-refractivity contribution in [2.24, 2.45) is 0 Å². The first-order valence-electron chi connectivity index (χ1n) is 12.7. The summed E-state index contributed by atoms with van der Waals surface area (Å²) in [6.07, 6.45) is 1.70. The summed E-state index contributed by atoms with van der Waals surface area (Å²) < 4.78 is 5.12. The molecule has 0 atom stereocenters. The number of fused-ring (bicyclic) bond motifs is 7. The fraction of sp³-hybridized carbons (Fsp3) is 0. The minimum Gasteiger partial charge on any atom is -0.464 e. The summed E-state index contributed by atoms with van der Waals surface area (Å²) in [5.41, 5.74) is 0.956. The largest absolute Gasteiger partial charge is 0.464 e. The van der Waals surface area contributed by atoms with E-state index >= 15 is 0 Å². The van der Waals surface area contributed by atoms with E-state index in [0.717, 1.165) is 11.0 Å². The van der Waals surface area contributed by atoms with Crippen LogP contribution < -0.4 is 0 Å². The van der Waals surface area contributed by atoms with Gasteiger partial charge in [0.15, 0.2) is 0 Å². The Morgan fingerprint density at radius 1 is 0.324 bits per heavy atom. The maximum absolute atomic E-state index is 5.12. The number of benzene rings is 8. The van der Waals surface area contributed by atoms with Crippen molar-refractivity contribution in [3.05, 3.63) is 134 Å². The Hall–Kier alpha value is -4.88. The Morgan fingerprint density at radius 3 is 1.30 bits per heavy atom. The summed E-state index contributed by atoms with van der Waals surface area (Å²) in [4.78, 5) is 0. The van der Waals surface area contributed by atoms with Gasteiger partial charge in [0.2, 0.25) is 0 Å². The maximum Gasteiger partial charge on any atom is 0.133 e. The fourth-order valence-corrected chi connectivity index (χ4v) is 6.11. The molecule has 0 N–H and O–H groups in total. The van der Waals surface area contributed by atoms with E-state index in [1.54, 1.807) is 6.26 Å². The SMILES string of the molecule is c1ccc2c(c1)cc1c3cccc4c5ccccc5cc(c5cccc2c51)c43.c1ccc2occc2c1. The Morgan fingerprint density at radius 2 is 0.757 bits per heavy atom. The molecule has 1 nitrogen and oxygen atoms in total. The van der Waals surface area contributed by atoms with Gasteiger partial charge in [-0.1, -0.05) is 103 Å². The van der Waals surface area contributed by atoms with Crippen LogP contribution in [0.25, 0.3) is 75.6 Å². The van der Waals surface area contributed by atoms with E-state index in [2.05, 4.69) is 97.1 Å². The topological polar surface area (TPSA) is 13.1 Å². The molecular weight excluding hydrogens is 448 g/mol. The van der Waals surface area contributed by atoms with Crippen molar-refractivity contribution in [3.8, 4) is 0 Å². The molecule has 1 heterocycles. The molecule has 1 aromatic heterocycles. The molecule has 1 heteroatoms. The zero-order chi connectivity index (χ0) is 24.3. The molecule has 0 aliphatic carbocycles. The summed E-state index contributed by atoms with van der Waals surface area (Å²) in [6.45, 7) is 0. The molecule has 0 unspecified atom stereocenters. The van der Waals surface area contributed by atoms with E-state index in [4.69, 9.17) is 4.42 Å². The third-order valence-electron chi connectivity index (χ3n) is 7.71. The van der Waals surface area contributed by atoms with Crippen LogP contribution in [0.2, 0.25) is 0 Å². The quantitative estimate of drug-likeness (QED) is 0.159. The lowest BCUT2D eigenvalue weighted by molar-refractivity contribution is 0.616. The second kappa shape index (κ2) is 7.81. The summed E-state index contributed by atoms with van der Waals surface area (Å²) >= 11 is 0. The highest BCUT2D eigenvalue weighted by Gasteiger charge is 2.15. The van der Waals surface area contributed by atoms with Gasteiger partial charge < -0.3 is 4.42 Å². The van der Waals surface area contributed by atoms with Crippen LogP contribution in [0.1, 0.15) is 0 Å². The van der Waals surface area contributed by atoms with Gasteiger partial charge in [0.05, 0.1) is 6.26 Å². The van der Waals surface area contributed by atoms with E-state index < -0.39 is 0 Å². The van der Waals surface area contributed by atoms with Gasteiger partial charge in [0, 0.05) is 5.39 Å². The highest BCUT2D eigenvalue weighted by atomic mass is 16.3. The van der Waals surface area contributed by atoms with E-state index in [1.165, 1.54) is 64.6 Å². The van der Waals surface area contributed by atoms with E-state index in [1.807, 2.05) is 30.3 Å². The summed E-state index contributed by atoms with van der Waals surface area (Å²) in [6, 6.07) is 45.7.